The van der Waals surface area contributed by atoms with Gasteiger partial charge in [-0.1, -0.05) is 61.3 Å². The third-order valence-electron chi connectivity index (χ3n) is 4.22. The van der Waals surface area contributed by atoms with E-state index < -0.39 is 0 Å². The fourth-order valence-corrected chi connectivity index (χ4v) is 2.60. The number of aromatic nitrogens is 1. The summed E-state index contributed by atoms with van der Waals surface area (Å²) in [4.78, 5) is 9.02. The van der Waals surface area contributed by atoms with Crippen LogP contribution >= 0.6 is 0 Å². The number of ether oxygens (including phenoxy) is 1. The Morgan fingerprint density at radius 2 is 1.53 bits per heavy atom. The number of nitrogens with zero attached hydrogens (tertiary/aromatic N) is 3. The Kier molecular flexibility index (Phi) is 21.1. The summed E-state index contributed by atoms with van der Waals surface area (Å²) < 4.78 is 5.70. The van der Waals surface area contributed by atoms with E-state index in [-0.39, 0.29) is 12.2 Å². The molecule has 0 bridgehead atoms. The van der Waals surface area contributed by atoms with Crippen molar-refractivity contribution in [3.8, 4) is 17.6 Å². The van der Waals surface area contributed by atoms with Crippen molar-refractivity contribution in [3.63, 3.8) is 0 Å². The van der Waals surface area contributed by atoms with Gasteiger partial charge in [0.1, 0.15) is 17.5 Å². The van der Waals surface area contributed by atoms with Crippen LogP contribution in [0, 0.1) is 11.8 Å². The summed E-state index contributed by atoms with van der Waals surface area (Å²) >= 11 is 0. The van der Waals surface area contributed by atoms with Gasteiger partial charge in [-0.25, -0.2) is 4.98 Å². The minimum atomic E-state index is -0.197. The largest absolute Gasteiger partial charge is 0.489 e. The van der Waals surface area contributed by atoms with Crippen LogP contribution < -0.4 is 4.74 Å². The standard InChI is InChI=1S/C17H23N3O2.4C2H6/c1-19-7-9-20(10-8-19)6-2-3-14-4-5-16(13-18-14)22-17-11-15(21)12-17;4*1-2/h4-5,13,15,17,21H,6-12H2,1H3;4*1-2H3. The van der Waals surface area contributed by atoms with Gasteiger partial charge in [-0.05, 0) is 25.1 Å². The van der Waals surface area contributed by atoms with Gasteiger partial charge in [0.15, 0.2) is 0 Å². The number of pyridine rings is 1. The van der Waals surface area contributed by atoms with Crippen molar-refractivity contribution in [1.82, 2.24) is 14.8 Å². The Labute approximate surface area is 186 Å². The van der Waals surface area contributed by atoms with Crippen molar-refractivity contribution in [3.05, 3.63) is 24.0 Å². The zero-order chi connectivity index (χ0) is 23.4. The molecule has 5 heteroatoms. The second-order valence-corrected chi connectivity index (χ2v) is 6.13. The molecule has 0 spiro atoms. The zero-order valence-electron chi connectivity index (χ0n) is 21.0. The van der Waals surface area contributed by atoms with Gasteiger partial charge in [-0.2, -0.15) is 0 Å². The average Bonchev–Trinajstić information content (AvgIpc) is 2.81. The molecule has 1 N–H and O–H groups in total. The second-order valence-electron chi connectivity index (χ2n) is 6.13. The second kappa shape index (κ2) is 20.7. The van der Waals surface area contributed by atoms with Crippen molar-refractivity contribution in [2.24, 2.45) is 0 Å². The van der Waals surface area contributed by atoms with E-state index >= 15 is 0 Å². The monoisotopic (exact) mass is 421 g/mol. The molecule has 0 radical (unpaired) electrons. The van der Waals surface area contributed by atoms with E-state index in [0.29, 0.717) is 12.8 Å². The first-order chi connectivity index (χ1) is 14.7. The molecule has 1 aliphatic carbocycles. The predicted octanol–water partition coefficient (Wildman–Crippen LogP) is 4.69. The van der Waals surface area contributed by atoms with Crippen molar-refractivity contribution >= 4 is 0 Å². The highest BCUT2D eigenvalue weighted by atomic mass is 16.5. The first-order valence-corrected chi connectivity index (χ1v) is 11.9. The summed E-state index contributed by atoms with van der Waals surface area (Å²) in [5.74, 6) is 7.05. The highest BCUT2D eigenvalue weighted by Gasteiger charge is 2.28. The van der Waals surface area contributed by atoms with Crippen LogP contribution in [0.25, 0.3) is 0 Å². The molecule has 0 atom stereocenters. The molecular weight excluding hydrogens is 374 g/mol. The molecule has 3 rings (SSSR count). The Bertz CT molecular complexity index is 538. The van der Waals surface area contributed by atoms with Crippen LogP contribution in [0.1, 0.15) is 73.9 Å². The highest BCUT2D eigenvalue weighted by molar-refractivity contribution is 5.31. The topological polar surface area (TPSA) is 48.8 Å². The zero-order valence-corrected chi connectivity index (χ0v) is 21.0. The molecule has 2 heterocycles. The van der Waals surface area contributed by atoms with E-state index in [2.05, 4.69) is 33.7 Å². The lowest BCUT2D eigenvalue weighted by Gasteiger charge is -2.31. The van der Waals surface area contributed by atoms with E-state index in [0.717, 1.165) is 44.2 Å². The summed E-state index contributed by atoms with van der Waals surface area (Å²) in [6.45, 7) is 21.2. The number of hydrogen-bond donors (Lipinski definition) is 1. The molecule has 1 aliphatic heterocycles. The molecule has 1 saturated heterocycles. The van der Waals surface area contributed by atoms with Gasteiger partial charge in [0.05, 0.1) is 18.8 Å². The molecule has 1 aromatic rings. The summed E-state index contributed by atoms with van der Waals surface area (Å²) in [6, 6.07) is 3.79. The fraction of sp³-hybridized carbons (Fsp3) is 0.720. The van der Waals surface area contributed by atoms with Crippen LogP contribution in [-0.4, -0.2) is 71.9 Å². The van der Waals surface area contributed by atoms with E-state index in [1.165, 1.54) is 0 Å². The Morgan fingerprint density at radius 3 is 2.00 bits per heavy atom. The van der Waals surface area contributed by atoms with Gasteiger partial charge in [0.2, 0.25) is 0 Å². The maximum absolute atomic E-state index is 9.24. The average molecular weight is 422 g/mol. The summed E-state index contributed by atoms with van der Waals surface area (Å²) in [5, 5.41) is 9.24. The van der Waals surface area contributed by atoms with Gasteiger partial charge < -0.3 is 14.7 Å². The molecular formula is C25H47N3O2. The maximum atomic E-state index is 9.24. The summed E-state index contributed by atoms with van der Waals surface area (Å²) in [7, 11) is 2.15. The quantitative estimate of drug-likeness (QED) is 0.718. The van der Waals surface area contributed by atoms with Gasteiger partial charge in [-0.15, -0.1) is 0 Å². The third-order valence-corrected chi connectivity index (χ3v) is 4.22. The number of hydrogen-bond acceptors (Lipinski definition) is 5. The normalized spacial score (nSPS) is 19.8. The molecule has 0 aromatic carbocycles. The van der Waals surface area contributed by atoms with E-state index in [4.69, 9.17) is 4.74 Å². The lowest BCUT2D eigenvalue weighted by molar-refractivity contribution is -0.0109. The van der Waals surface area contributed by atoms with Gasteiger partial charge >= 0.3 is 0 Å². The number of piperazine rings is 1. The lowest BCUT2D eigenvalue weighted by atomic mass is 9.92. The molecule has 1 saturated carbocycles. The molecule has 1 aromatic heterocycles. The lowest BCUT2D eigenvalue weighted by Crippen LogP contribution is -2.44. The molecule has 174 valence electrons. The molecule has 5 nitrogen and oxygen atoms in total. The molecule has 2 aliphatic rings. The first-order valence-electron chi connectivity index (χ1n) is 11.9. The minimum Gasteiger partial charge on any atom is -0.489 e. The maximum Gasteiger partial charge on any atom is 0.138 e. The molecule has 0 amide bonds. The van der Waals surface area contributed by atoms with Crippen LogP contribution in [0.5, 0.6) is 5.75 Å². The first kappa shape index (κ1) is 30.6. The van der Waals surface area contributed by atoms with E-state index in [1.807, 2.05) is 67.5 Å². The highest BCUT2D eigenvalue weighted by Crippen LogP contribution is 2.25. The van der Waals surface area contributed by atoms with Gasteiger partial charge in [0, 0.05) is 39.0 Å². The van der Waals surface area contributed by atoms with Gasteiger partial charge in [-0.3, -0.25) is 4.90 Å². The Morgan fingerprint density at radius 1 is 0.967 bits per heavy atom. The summed E-state index contributed by atoms with van der Waals surface area (Å²) in [6.07, 6.45) is 3.08. The fourth-order valence-electron chi connectivity index (χ4n) is 2.60. The minimum absolute atomic E-state index is 0.131. The van der Waals surface area contributed by atoms with Crippen LogP contribution in [-0.2, 0) is 0 Å². The van der Waals surface area contributed by atoms with E-state index in [1.54, 1.807) is 6.20 Å². The molecule has 30 heavy (non-hydrogen) atoms. The Balaban J connectivity index is 0. The van der Waals surface area contributed by atoms with Crippen molar-refractivity contribution in [2.75, 3.05) is 39.8 Å². The third kappa shape index (κ3) is 12.8. The smallest absolute Gasteiger partial charge is 0.138 e. The van der Waals surface area contributed by atoms with E-state index in [9.17, 15) is 5.11 Å². The van der Waals surface area contributed by atoms with Crippen molar-refractivity contribution < 1.29 is 9.84 Å². The van der Waals surface area contributed by atoms with Crippen LogP contribution in [0.15, 0.2) is 18.3 Å². The predicted molar refractivity (Wildman–Crippen MR) is 130 cm³/mol. The number of rotatable bonds is 3. The van der Waals surface area contributed by atoms with Crippen LogP contribution in [0.3, 0.4) is 0 Å². The SMILES string of the molecule is CC.CC.CC.CC.CN1CCN(CC#Cc2ccc(OC3CC(O)C3)cn2)CC1. The number of aliphatic hydroxyl groups is 1. The molecule has 0 unspecified atom stereocenters. The summed E-state index contributed by atoms with van der Waals surface area (Å²) in [5.41, 5.74) is 0.773. The molecule has 2 fully saturated rings. The van der Waals surface area contributed by atoms with Crippen LogP contribution in [0.4, 0.5) is 0 Å². The Hall–Kier alpha value is -1.61. The number of likely N-dealkylation sites (N-methyl/N-ethyl adjacent to an activating group) is 1. The van der Waals surface area contributed by atoms with Gasteiger partial charge in [0.25, 0.3) is 0 Å². The number of aliphatic hydroxyl groups excluding tert-OH is 1. The van der Waals surface area contributed by atoms with Crippen molar-refractivity contribution in [1.29, 1.82) is 0 Å². The van der Waals surface area contributed by atoms with Crippen molar-refractivity contribution in [2.45, 2.75) is 80.4 Å². The van der Waals surface area contributed by atoms with Crippen LogP contribution in [0.2, 0.25) is 0 Å².